The van der Waals surface area contributed by atoms with Crippen molar-refractivity contribution in [2.24, 2.45) is 0 Å². The molecule has 0 spiro atoms. The van der Waals surface area contributed by atoms with E-state index in [1.54, 1.807) is 0 Å². The van der Waals surface area contributed by atoms with E-state index in [1.807, 2.05) is 36.9 Å². The molecule has 0 bridgehead atoms. The Balaban J connectivity index is 1.50. The third-order valence-corrected chi connectivity index (χ3v) is 4.55. The highest BCUT2D eigenvalue weighted by atomic mass is 15.1. The Hall–Kier alpha value is -3.60. The number of hydrogen-bond donors (Lipinski definition) is 2. The Morgan fingerprint density at radius 3 is 2.81 bits per heavy atom. The number of aromatic nitrogens is 4. The highest BCUT2D eigenvalue weighted by molar-refractivity contribution is 5.90. The summed E-state index contributed by atoms with van der Waals surface area (Å²) in [6.07, 6.45) is 5.64. The molecule has 0 saturated heterocycles. The van der Waals surface area contributed by atoms with Crippen LogP contribution in [0.15, 0.2) is 79.4 Å². The second kappa shape index (κ2) is 6.04. The first-order chi connectivity index (χ1) is 12.9. The van der Waals surface area contributed by atoms with Crippen LogP contribution in [-0.4, -0.2) is 19.5 Å². The van der Waals surface area contributed by atoms with Gasteiger partial charge in [-0.3, -0.25) is 0 Å². The summed E-state index contributed by atoms with van der Waals surface area (Å²) >= 11 is 0. The summed E-state index contributed by atoms with van der Waals surface area (Å²) in [5.41, 5.74) is 5.30. The van der Waals surface area contributed by atoms with Gasteiger partial charge >= 0.3 is 0 Å². The predicted molar refractivity (Wildman–Crippen MR) is 105 cm³/mol. The van der Waals surface area contributed by atoms with Gasteiger partial charge in [-0.2, -0.15) is 0 Å². The van der Waals surface area contributed by atoms with Crippen molar-refractivity contribution in [2.75, 3.05) is 5.32 Å². The molecule has 3 aromatic heterocycles. The number of anilines is 2. The lowest BCUT2D eigenvalue weighted by Gasteiger charge is -2.08. The van der Waals surface area contributed by atoms with Crippen LogP contribution in [0, 0.1) is 0 Å². The van der Waals surface area contributed by atoms with Crippen LogP contribution in [0.2, 0.25) is 0 Å². The molecule has 0 fully saturated rings. The lowest BCUT2D eigenvalue weighted by molar-refractivity contribution is 0.824. The molecule has 26 heavy (non-hydrogen) atoms. The van der Waals surface area contributed by atoms with Crippen LogP contribution in [0.25, 0.3) is 21.9 Å². The number of H-pyrrole nitrogens is 1. The van der Waals surface area contributed by atoms with Crippen LogP contribution in [0.4, 0.5) is 11.5 Å². The van der Waals surface area contributed by atoms with E-state index in [-0.39, 0.29) is 0 Å². The third kappa shape index (κ3) is 2.59. The number of hydrogen-bond acceptors (Lipinski definition) is 3. The summed E-state index contributed by atoms with van der Waals surface area (Å²) in [6, 6.07) is 20.7. The molecule has 2 N–H and O–H groups in total. The average Bonchev–Trinajstić information content (AvgIpc) is 3.30. The largest absolute Gasteiger partial charge is 0.361 e. The fourth-order valence-electron chi connectivity index (χ4n) is 3.26. The number of aromatic amines is 1. The molecular formula is C21H17N5. The Labute approximate surface area is 150 Å². The van der Waals surface area contributed by atoms with Gasteiger partial charge in [-0.15, -0.1) is 0 Å². The normalized spacial score (nSPS) is 11.2. The summed E-state index contributed by atoms with van der Waals surface area (Å²) < 4.78 is 2.15. The molecule has 0 unspecified atom stereocenters. The van der Waals surface area contributed by atoms with Crippen molar-refractivity contribution in [2.45, 2.75) is 6.54 Å². The molecule has 0 radical (unpaired) electrons. The molecular weight excluding hydrogens is 322 g/mol. The van der Waals surface area contributed by atoms with Crippen LogP contribution in [0.1, 0.15) is 5.56 Å². The molecule has 5 aromatic rings. The van der Waals surface area contributed by atoms with Crippen molar-refractivity contribution in [3.8, 4) is 0 Å². The minimum atomic E-state index is 0.768. The van der Waals surface area contributed by atoms with Crippen molar-refractivity contribution < 1.29 is 0 Å². The molecule has 0 aliphatic rings. The average molecular weight is 339 g/mol. The number of nitrogens with one attached hydrogen (secondary N) is 2. The van der Waals surface area contributed by atoms with Crippen molar-refractivity contribution in [3.63, 3.8) is 0 Å². The predicted octanol–water partition coefficient (Wildman–Crippen LogP) is 4.70. The van der Waals surface area contributed by atoms with Gasteiger partial charge in [-0.05, 0) is 35.9 Å². The maximum atomic E-state index is 4.60. The topological polar surface area (TPSA) is 58.5 Å². The van der Waals surface area contributed by atoms with E-state index in [2.05, 4.69) is 67.3 Å². The van der Waals surface area contributed by atoms with Crippen molar-refractivity contribution in [1.82, 2.24) is 19.5 Å². The first-order valence-electron chi connectivity index (χ1n) is 8.55. The minimum absolute atomic E-state index is 0.768. The molecule has 0 atom stereocenters. The van der Waals surface area contributed by atoms with Gasteiger partial charge in [0.1, 0.15) is 5.52 Å². The van der Waals surface area contributed by atoms with E-state index in [4.69, 9.17) is 0 Å². The molecule has 3 heterocycles. The number of fused-ring (bicyclic) bond motifs is 2. The number of rotatable bonds is 4. The molecule has 126 valence electrons. The molecule has 5 heteroatoms. The number of pyridine rings is 1. The van der Waals surface area contributed by atoms with E-state index >= 15 is 0 Å². The molecule has 5 rings (SSSR count). The molecule has 0 aliphatic heterocycles. The first kappa shape index (κ1) is 14.7. The van der Waals surface area contributed by atoms with Gasteiger partial charge in [-0.25, -0.2) is 9.97 Å². The van der Waals surface area contributed by atoms with Gasteiger partial charge < -0.3 is 14.9 Å². The molecule has 5 nitrogen and oxygen atoms in total. The van der Waals surface area contributed by atoms with Crippen LogP contribution in [0.5, 0.6) is 0 Å². The number of imidazole rings is 1. The van der Waals surface area contributed by atoms with Crippen LogP contribution < -0.4 is 5.32 Å². The summed E-state index contributed by atoms with van der Waals surface area (Å²) in [7, 11) is 0. The van der Waals surface area contributed by atoms with E-state index in [0.29, 0.717) is 0 Å². The zero-order valence-electron chi connectivity index (χ0n) is 14.1. The van der Waals surface area contributed by atoms with Gasteiger partial charge in [0.2, 0.25) is 0 Å². The van der Waals surface area contributed by atoms with Crippen LogP contribution in [0.3, 0.4) is 0 Å². The standard InChI is InChI=1S/C21H17N5/c1-2-4-15(5-3-1)13-26-14-24-20-19(26)9-11-23-21(20)25-17-6-7-18-16(12-17)8-10-22-18/h1-12,14,22H,13H2,(H,23,25). The van der Waals surface area contributed by atoms with E-state index in [0.717, 1.165) is 40.0 Å². The molecule has 0 saturated carbocycles. The van der Waals surface area contributed by atoms with Crippen molar-refractivity contribution in [3.05, 3.63) is 84.9 Å². The quantitative estimate of drug-likeness (QED) is 0.499. The smallest absolute Gasteiger partial charge is 0.158 e. The fourth-order valence-corrected chi connectivity index (χ4v) is 3.26. The molecule has 0 amide bonds. The Morgan fingerprint density at radius 1 is 0.962 bits per heavy atom. The van der Waals surface area contributed by atoms with Crippen LogP contribution in [-0.2, 0) is 6.54 Å². The SMILES string of the molecule is c1ccc(Cn2cnc3c(Nc4ccc5[nH]ccc5c4)nccc32)cc1. The van der Waals surface area contributed by atoms with E-state index < -0.39 is 0 Å². The lowest BCUT2D eigenvalue weighted by Crippen LogP contribution is -1.98. The second-order valence-electron chi connectivity index (χ2n) is 6.29. The third-order valence-electron chi connectivity index (χ3n) is 4.55. The first-order valence-corrected chi connectivity index (χ1v) is 8.55. The van der Waals surface area contributed by atoms with E-state index in [9.17, 15) is 0 Å². The summed E-state index contributed by atoms with van der Waals surface area (Å²) in [6.45, 7) is 0.788. The minimum Gasteiger partial charge on any atom is -0.361 e. The zero-order chi connectivity index (χ0) is 17.3. The maximum Gasteiger partial charge on any atom is 0.158 e. The summed E-state index contributed by atoms with van der Waals surface area (Å²) in [5.74, 6) is 0.768. The maximum absolute atomic E-state index is 4.60. The summed E-state index contributed by atoms with van der Waals surface area (Å²) in [5, 5.41) is 4.57. The van der Waals surface area contributed by atoms with Gasteiger partial charge in [0.05, 0.1) is 11.8 Å². The van der Waals surface area contributed by atoms with E-state index in [1.165, 1.54) is 5.56 Å². The lowest BCUT2D eigenvalue weighted by atomic mass is 10.2. The van der Waals surface area contributed by atoms with Gasteiger partial charge in [0.25, 0.3) is 0 Å². The van der Waals surface area contributed by atoms with Gasteiger partial charge in [-0.1, -0.05) is 30.3 Å². The van der Waals surface area contributed by atoms with Gasteiger partial charge in [0, 0.05) is 35.5 Å². The van der Waals surface area contributed by atoms with Gasteiger partial charge in [0.15, 0.2) is 5.82 Å². The number of nitrogens with zero attached hydrogens (tertiary/aromatic N) is 3. The van der Waals surface area contributed by atoms with Crippen molar-refractivity contribution >= 4 is 33.4 Å². The zero-order valence-corrected chi connectivity index (χ0v) is 14.1. The second-order valence-corrected chi connectivity index (χ2v) is 6.29. The highest BCUT2D eigenvalue weighted by Gasteiger charge is 2.09. The Morgan fingerprint density at radius 2 is 1.88 bits per heavy atom. The summed E-state index contributed by atoms with van der Waals surface area (Å²) in [4.78, 5) is 12.3. The molecule has 2 aromatic carbocycles. The van der Waals surface area contributed by atoms with Crippen molar-refractivity contribution in [1.29, 1.82) is 0 Å². The van der Waals surface area contributed by atoms with Crippen LogP contribution >= 0.6 is 0 Å². The Kier molecular flexibility index (Phi) is 3.42. The number of benzene rings is 2. The Bertz CT molecular complexity index is 1190. The monoisotopic (exact) mass is 339 g/mol. The molecule has 0 aliphatic carbocycles. The fraction of sp³-hybridized carbons (Fsp3) is 0.0476. The highest BCUT2D eigenvalue weighted by Crippen LogP contribution is 2.25.